The Labute approximate surface area is 139 Å². The van der Waals surface area contributed by atoms with Gasteiger partial charge in [-0.2, -0.15) is 0 Å². The first kappa shape index (κ1) is 17.9. The fraction of sp³-hybridized carbons (Fsp3) is 0.500. The second-order valence-electron chi connectivity index (χ2n) is 7.09. The SMILES string of the molecule is CC(=O)Cc1ccccc1C=C(CN)B1OC(C)(C)C(C)(C)O1. The van der Waals surface area contributed by atoms with Gasteiger partial charge in [0, 0.05) is 13.0 Å². The summed E-state index contributed by atoms with van der Waals surface area (Å²) in [4.78, 5) is 11.5. The molecule has 0 aromatic heterocycles. The average molecular weight is 315 g/mol. The molecule has 1 heterocycles. The normalized spacial score (nSPS) is 19.9. The van der Waals surface area contributed by atoms with Gasteiger partial charge in [-0.25, -0.2) is 0 Å². The highest BCUT2D eigenvalue weighted by Crippen LogP contribution is 2.38. The summed E-state index contributed by atoms with van der Waals surface area (Å²) in [6.07, 6.45) is 2.40. The molecule has 0 saturated carbocycles. The van der Waals surface area contributed by atoms with Crippen molar-refractivity contribution >= 4 is 19.0 Å². The monoisotopic (exact) mass is 315 g/mol. The second-order valence-corrected chi connectivity index (χ2v) is 7.09. The molecule has 2 rings (SSSR count). The van der Waals surface area contributed by atoms with E-state index in [1.807, 2.05) is 58.0 Å². The third kappa shape index (κ3) is 3.92. The Balaban J connectivity index is 2.32. The van der Waals surface area contributed by atoms with E-state index in [-0.39, 0.29) is 5.78 Å². The van der Waals surface area contributed by atoms with Gasteiger partial charge in [0.15, 0.2) is 0 Å². The predicted molar refractivity (Wildman–Crippen MR) is 93.9 cm³/mol. The van der Waals surface area contributed by atoms with Gasteiger partial charge in [-0.15, -0.1) is 0 Å². The molecule has 0 spiro atoms. The molecular formula is C18H26BNO3. The lowest BCUT2D eigenvalue weighted by Crippen LogP contribution is -2.41. The summed E-state index contributed by atoms with van der Waals surface area (Å²) in [7, 11) is -0.463. The Kier molecular flexibility index (Phi) is 5.14. The molecule has 2 N–H and O–H groups in total. The van der Waals surface area contributed by atoms with Crippen LogP contribution in [-0.2, 0) is 20.5 Å². The van der Waals surface area contributed by atoms with E-state index in [2.05, 4.69) is 0 Å². The smallest absolute Gasteiger partial charge is 0.400 e. The molecule has 0 unspecified atom stereocenters. The van der Waals surface area contributed by atoms with E-state index in [1.54, 1.807) is 6.92 Å². The van der Waals surface area contributed by atoms with Crippen LogP contribution in [0.2, 0.25) is 0 Å². The fourth-order valence-corrected chi connectivity index (χ4v) is 2.52. The van der Waals surface area contributed by atoms with Crippen molar-refractivity contribution in [3.8, 4) is 0 Å². The van der Waals surface area contributed by atoms with Crippen molar-refractivity contribution in [2.45, 2.75) is 52.2 Å². The number of rotatable bonds is 5. The van der Waals surface area contributed by atoms with Gasteiger partial charge in [0.05, 0.1) is 11.2 Å². The fourth-order valence-electron chi connectivity index (χ4n) is 2.52. The Bertz CT molecular complexity index is 606. The van der Waals surface area contributed by atoms with Crippen LogP contribution in [0.25, 0.3) is 6.08 Å². The highest BCUT2D eigenvalue weighted by Gasteiger charge is 2.52. The number of benzene rings is 1. The number of hydrogen-bond acceptors (Lipinski definition) is 4. The molecule has 23 heavy (non-hydrogen) atoms. The Hall–Kier alpha value is -1.43. The lowest BCUT2D eigenvalue weighted by Gasteiger charge is -2.32. The van der Waals surface area contributed by atoms with Crippen LogP contribution in [0, 0.1) is 0 Å². The van der Waals surface area contributed by atoms with Crippen LogP contribution in [0.4, 0.5) is 0 Å². The second kappa shape index (κ2) is 6.60. The molecule has 1 fully saturated rings. The third-order valence-electron chi connectivity index (χ3n) is 4.63. The van der Waals surface area contributed by atoms with Crippen LogP contribution in [-0.4, -0.2) is 30.6 Å². The number of carbonyl (C=O) groups excluding carboxylic acids is 1. The van der Waals surface area contributed by atoms with Gasteiger partial charge < -0.3 is 15.0 Å². The van der Waals surface area contributed by atoms with Crippen molar-refractivity contribution in [2.75, 3.05) is 6.54 Å². The zero-order chi connectivity index (χ0) is 17.3. The Morgan fingerprint density at radius 1 is 1.17 bits per heavy atom. The van der Waals surface area contributed by atoms with Crippen molar-refractivity contribution in [1.82, 2.24) is 0 Å². The largest absolute Gasteiger partial charge is 0.491 e. The topological polar surface area (TPSA) is 61.6 Å². The highest BCUT2D eigenvalue weighted by atomic mass is 16.7. The summed E-state index contributed by atoms with van der Waals surface area (Å²) in [6, 6.07) is 7.84. The van der Waals surface area contributed by atoms with E-state index in [0.717, 1.165) is 16.6 Å². The molecule has 0 aliphatic carbocycles. The summed E-state index contributed by atoms with van der Waals surface area (Å²) in [5.74, 6) is 0.135. The van der Waals surface area contributed by atoms with E-state index in [9.17, 15) is 4.79 Å². The van der Waals surface area contributed by atoms with Crippen LogP contribution in [0.15, 0.2) is 29.7 Å². The van der Waals surface area contributed by atoms with Gasteiger partial charge in [-0.3, -0.25) is 4.79 Å². The molecule has 0 radical (unpaired) electrons. The van der Waals surface area contributed by atoms with Crippen LogP contribution >= 0.6 is 0 Å². The molecule has 0 atom stereocenters. The highest BCUT2D eigenvalue weighted by molar-refractivity contribution is 6.55. The van der Waals surface area contributed by atoms with Crippen molar-refractivity contribution in [3.63, 3.8) is 0 Å². The quantitative estimate of drug-likeness (QED) is 0.849. The van der Waals surface area contributed by atoms with Gasteiger partial charge in [0.1, 0.15) is 5.78 Å². The summed E-state index contributed by atoms with van der Waals surface area (Å²) in [5, 5.41) is 0. The summed E-state index contributed by atoms with van der Waals surface area (Å²) >= 11 is 0. The van der Waals surface area contributed by atoms with E-state index in [0.29, 0.717) is 13.0 Å². The molecule has 0 amide bonds. The molecule has 1 aromatic carbocycles. The number of Topliss-reactive ketones (excluding diaryl/α,β-unsaturated/α-hetero) is 1. The van der Waals surface area contributed by atoms with Gasteiger partial charge in [-0.1, -0.05) is 30.3 Å². The van der Waals surface area contributed by atoms with Crippen molar-refractivity contribution in [2.24, 2.45) is 5.73 Å². The predicted octanol–water partition coefficient (Wildman–Crippen LogP) is 2.79. The average Bonchev–Trinajstić information content (AvgIpc) is 2.65. The maximum Gasteiger partial charge on any atom is 0.491 e. The van der Waals surface area contributed by atoms with Crippen LogP contribution in [0.3, 0.4) is 0 Å². The molecule has 124 valence electrons. The number of nitrogens with two attached hydrogens (primary N) is 1. The first-order chi connectivity index (χ1) is 10.7. The number of hydrogen-bond donors (Lipinski definition) is 1. The Morgan fingerprint density at radius 3 is 2.26 bits per heavy atom. The van der Waals surface area contributed by atoms with E-state index >= 15 is 0 Å². The minimum Gasteiger partial charge on any atom is -0.400 e. The molecular weight excluding hydrogens is 289 g/mol. The molecule has 1 saturated heterocycles. The van der Waals surface area contributed by atoms with E-state index < -0.39 is 18.3 Å². The van der Waals surface area contributed by atoms with Crippen molar-refractivity contribution in [3.05, 3.63) is 40.9 Å². The maximum absolute atomic E-state index is 11.5. The molecule has 5 heteroatoms. The maximum atomic E-state index is 11.5. The minimum absolute atomic E-state index is 0.135. The standard InChI is InChI=1S/C18H26BNO3/c1-13(21)10-14-8-6-7-9-15(14)11-16(12-20)19-22-17(2,3)18(4,5)23-19/h6-9,11H,10,12,20H2,1-5H3. The third-order valence-corrected chi connectivity index (χ3v) is 4.63. The van der Waals surface area contributed by atoms with Crippen LogP contribution in [0.5, 0.6) is 0 Å². The minimum atomic E-state index is -0.463. The van der Waals surface area contributed by atoms with E-state index in [1.165, 1.54) is 0 Å². The van der Waals surface area contributed by atoms with Gasteiger partial charge in [0.2, 0.25) is 0 Å². The van der Waals surface area contributed by atoms with Crippen LogP contribution < -0.4 is 5.73 Å². The molecule has 0 bridgehead atoms. The molecule has 4 nitrogen and oxygen atoms in total. The van der Waals surface area contributed by atoms with Gasteiger partial charge >= 0.3 is 7.12 Å². The number of carbonyl (C=O) groups is 1. The lowest BCUT2D eigenvalue weighted by molar-refractivity contribution is -0.116. The van der Waals surface area contributed by atoms with Gasteiger partial charge in [0.25, 0.3) is 0 Å². The first-order valence-electron chi connectivity index (χ1n) is 8.00. The van der Waals surface area contributed by atoms with Crippen molar-refractivity contribution < 1.29 is 14.1 Å². The van der Waals surface area contributed by atoms with Gasteiger partial charge in [-0.05, 0) is 51.2 Å². The molecule has 1 aliphatic rings. The molecule has 1 aromatic rings. The zero-order valence-corrected chi connectivity index (χ0v) is 14.7. The van der Waals surface area contributed by atoms with Crippen LogP contribution in [0.1, 0.15) is 45.7 Å². The van der Waals surface area contributed by atoms with Crippen molar-refractivity contribution in [1.29, 1.82) is 0 Å². The first-order valence-corrected chi connectivity index (χ1v) is 8.00. The summed E-state index contributed by atoms with van der Waals surface area (Å²) in [5.41, 5.74) is 7.98. The number of ketones is 1. The Morgan fingerprint density at radius 2 is 1.74 bits per heavy atom. The summed E-state index contributed by atoms with van der Waals surface area (Å²) < 4.78 is 12.1. The van der Waals surface area contributed by atoms with E-state index in [4.69, 9.17) is 15.0 Å². The lowest BCUT2D eigenvalue weighted by atomic mass is 9.76. The molecule has 1 aliphatic heterocycles. The summed E-state index contributed by atoms with van der Waals surface area (Å²) in [6.45, 7) is 10.0. The zero-order valence-electron chi connectivity index (χ0n) is 14.7.